The second kappa shape index (κ2) is 7.68. The fourth-order valence-corrected chi connectivity index (χ4v) is 3.51. The Balaban J connectivity index is 1.33. The van der Waals surface area contributed by atoms with Gasteiger partial charge in [0.2, 0.25) is 12.7 Å². The number of fused-ring (bicyclic) bond motifs is 1. The van der Waals surface area contributed by atoms with Crippen LogP contribution in [0.4, 0.5) is 11.4 Å². The van der Waals surface area contributed by atoms with Crippen LogP contribution in [0.3, 0.4) is 0 Å². The maximum absolute atomic E-state index is 12.3. The minimum absolute atomic E-state index is 0.0264. The number of hydrogen-bond acceptors (Lipinski definition) is 4. The first-order valence-electron chi connectivity index (χ1n) is 9.31. The van der Waals surface area contributed by atoms with E-state index in [9.17, 15) is 4.79 Å². The molecule has 0 spiro atoms. The molecular formula is C21H24N2O3. The van der Waals surface area contributed by atoms with E-state index >= 15 is 0 Å². The molecule has 0 atom stereocenters. The molecule has 1 fully saturated rings. The van der Waals surface area contributed by atoms with Gasteiger partial charge in [-0.2, -0.15) is 0 Å². The fraction of sp³-hybridized carbons (Fsp3) is 0.381. The lowest BCUT2D eigenvalue weighted by Crippen LogP contribution is -2.29. The molecule has 1 N–H and O–H groups in total. The molecule has 1 saturated heterocycles. The minimum atomic E-state index is 0.0264. The van der Waals surface area contributed by atoms with Crippen molar-refractivity contribution in [3.8, 4) is 11.5 Å². The molecule has 5 heteroatoms. The van der Waals surface area contributed by atoms with E-state index in [2.05, 4.69) is 22.3 Å². The molecule has 0 bridgehead atoms. The maximum Gasteiger partial charge on any atom is 0.231 e. The number of rotatable bonds is 5. The lowest BCUT2D eigenvalue weighted by molar-refractivity contribution is -0.116. The highest BCUT2D eigenvalue weighted by molar-refractivity contribution is 5.91. The molecule has 4 rings (SSSR count). The lowest BCUT2D eigenvalue weighted by Gasteiger charge is -2.29. The van der Waals surface area contributed by atoms with E-state index in [4.69, 9.17) is 9.47 Å². The van der Waals surface area contributed by atoms with Gasteiger partial charge in [-0.25, -0.2) is 0 Å². The summed E-state index contributed by atoms with van der Waals surface area (Å²) < 4.78 is 10.7. The number of ether oxygens (including phenoxy) is 2. The number of aryl methyl sites for hydroxylation is 1. The Bertz CT molecular complexity index is 785. The van der Waals surface area contributed by atoms with Crippen molar-refractivity contribution in [3.05, 3.63) is 48.0 Å². The Hall–Kier alpha value is -2.69. The van der Waals surface area contributed by atoms with Crippen molar-refractivity contribution in [1.82, 2.24) is 0 Å². The van der Waals surface area contributed by atoms with Gasteiger partial charge in [0, 0.05) is 30.9 Å². The zero-order valence-electron chi connectivity index (χ0n) is 14.9. The number of benzene rings is 2. The molecule has 0 aromatic heterocycles. The highest BCUT2D eigenvalue weighted by Crippen LogP contribution is 2.32. The van der Waals surface area contributed by atoms with Crippen LogP contribution < -0.4 is 19.7 Å². The van der Waals surface area contributed by atoms with Crippen LogP contribution in [0, 0.1) is 0 Å². The summed E-state index contributed by atoms with van der Waals surface area (Å²) in [6.07, 6.45) is 4.91. The largest absolute Gasteiger partial charge is 0.454 e. The smallest absolute Gasteiger partial charge is 0.231 e. The molecule has 136 valence electrons. The van der Waals surface area contributed by atoms with Crippen LogP contribution in [0.5, 0.6) is 11.5 Å². The van der Waals surface area contributed by atoms with Gasteiger partial charge in [-0.3, -0.25) is 4.79 Å². The van der Waals surface area contributed by atoms with Crippen LogP contribution in [0.25, 0.3) is 0 Å². The average molecular weight is 352 g/mol. The molecule has 2 aliphatic heterocycles. The van der Waals surface area contributed by atoms with Crippen LogP contribution in [-0.2, 0) is 11.2 Å². The van der Waals surface area contributed by atoms with Crippen molar-refractivity contribution >= 4 is 17.3 Å². The van der Waals surface area contributed by atoms with Gasteiger partial charge in [0.1, 0.15) is 0 Å². The average Bonchev–Trinajstić information content (AvgIpc) is 3.15. The van der Waals surface area contributed by atoms with E-state index in [1.165, 1.54) is 24.9 Å². The molecule has 2 heterocycles. The van der Waals surface area contributed by atoms with Gasteiger partial charge < -0.3 is 19.7 Å². The Morgan fingerprint density at radius 2 is 1.85 bits per heavy atom. The SMILES string of the molecule is O=C(CCc1ccc2c(c1)OCO2)Nc1cccc(N2CCCCC2)c1. The van der Waals surface area contributed by atoms with Gasteiger partial charge in [-0.1, -0.05) is 12.1 Å². The summed E-state index contributed by atoms with van der Waals surface area (Å²) in [6, 6.07) is 14.0. The molecule has 0 aliphatic carbocycles. The third-order valence-electron chi connectivity index (χ3n) is 4.93. The first-order valence-corrected chi connectivity index (χ1v) is 9.31. The van der Waals surface area contributed by atoms with E-state index in [1.54, 1.807) is 0 Å². The molecular weight excluding hydrogens is 328 g/mol. The first kappa shape index (κ1) is 16.8. The number of carbonyl (C=O) groups excluding carboxylic acids is 1. The summed E-state index contributed by atoms with van der Waals surface area (Å²) >= 11 is 0. The Kier molecular flexibility index (Phi) is 4.95. The number of amides is 1. The number of nitrogens with zero attached hydrogens (tertiary/aromatic N) is 1. The van der Waals surface area contributed by atoms with Crippen molar-refractivity contribution in [2.75, 3.05) is 30.1 Å². The predicted octanol–water partition coefficient (Wildman–Crippen LogP) is 3.98. The third kappa shape index (κ3) is 3.93. The zero-order chi connectivity index (χ0) is 17.8. The van der Waals surface area contributed by atoms with E-state index in [0.29, 0.717) is 12.8 Å². The third-order valence-corrected chi connectivity index (χ3v) is 4.93. The lowest BCUT2D eigenvalue weighted by atomic mass is 10.1. The highest BCUT2D eigenvalue weighted by Gasteiger charge is 2.14. The first-order chi connectivity index (χ1) is 12.8. The van der Waals surface area contributed by atoms with Crippen LogP contribution in [0.1, 0.15) is 31.2 Å². The van der Waals surface area contributed by atoms with E-state index in [-0.39, 0.29) is 12.7 Å². The normalized spacial score (nSPS) is 15.8. The van der Waals surface area contributed by atoms with Crippen molar-refractivity contribution in [1.29, 1.82) is 0 Å². The monoisotopic (exact) mass is 352 g/mol. The Morgan fingerprint density at radius 3 is 2.73 bits per heavy atom. The zero-order valence-corrected chi connectivity index (χ0v) is 14.9. The van der Waals surface area contributed by atoms with Gasteiger partial charge in [0.25, 0.3) is 0 Å². The molecule has 2 aliphatic rings. The highest BCUT2D eigenvalue weighted by atomic mass is 16.7. The summed E-state index contributed by atoms with van der Waals surface area (Å²) in [5.74, 6) is 1.56. The summed E-state index contributed by atoms with van der Waals surface area (Å²) in [5, 5.41) is 3.02. The summed E-state index contributed by atoms with van der Waals surface area (Å²) in [6.45, 7) is 2.47. The van der Waals surface area contributed by atoms with Gasteiger partial charge in [0.15, 0.2) is 11.5 Å². The number of nitrogens with one attached hydrogen (secondary N) is 1. The van der Waals surface area contributed by atoms with Gasteiger partial charge in [0.05, 0.1) is 0 Å². The molecule has 2 aromatic carbocycles. The Morgan fingerprint density at radius 1 is 1.00 bits per heavy atom. The second-order valence-corrected chi connectivity index (χ2v) is 6.83. The van der Waals surface area contributed by atoms with Gasteiger partial charge in [-0.15, -0.1) is 0 Å². The molecule has 0 radical (unpaired) electrons. The van der Waals surface area contributed by atoms with Crippen LogP contribution in [-0.4, -0.2) is 25.8 Å². The Labute approximate surface area is 153 Å². The topological polar surface area (TPSA) is 50.8 Å². The molecule has 5 nitrogen and oxygen atoms in total. The number of piperidine rings is 1. The van der Waals surface area contributed by atoms with Crippen molar-refractivity contribution in [2.24, 2.45) is 0 Å². The molecule has 0 unspecified atom stereocenters. The molecule has 0 saturated carbocycles. The van der Waals surface area contributed by atoms with Crippen LogP contribution >= 0.6 is 0 Å². The van der Waals surface area contributed by atoms with Gasteiger partial charge >= 0.3 is 0 Å². The van der Waals surface area contributed by atoms with Crippen molar-refractivity contribution in [3.63, 3.8) is 0 Å². The summed E-state index contributed by atoms with van der Waals surface area (Å²) in [7, 11) is 0. The molecule has 1 amide bonds. The number of hydrogen-bond donors (Lipinski definition) is 1. The molecule has 2 aromatic rings. The molecule has 26 heavy (non-hydrogen) atoms. The van der Waals surface area contributed by atoms with Crippen molar-refractivity contribution < 1.29 is 14.3 Å². The second-order valence-electron chi connectivity index (χ2n) is 6.83. The standard InChI is InChI=1S/C21H24N2O3/c24-21(10-8-16-7-9-19-20(13-16)26-15-25-19)22-17-5-4-6-18(14-17)23-11-2-1-3-12-23/h4-7,9,13-14H,1-3,8,10-12,15H2,(H,22,24). The minimum Gasteiger partial charge on any atom is -0.454 e. The van der Waals surface area contributed by atoms with Crippen LogP contribution in [0.2, 0.25) is 0 Å². The van der Waals surface area contributed by atoms with Crippen LogP contribution in [0.15, 0.2) is 42.5 Å². The summed E-state index contributed by atoms with van der Waals surface area (Å²) in [4.78, 5) is 14.7. The van der Waals surface area contributed by atoms with E-state index < -0.39 is 0 Å². The predicted molar refractivity (Wildman–Crippen MR) is 102 cm³/mol. The maximum atomic E-state index is 12.3. The van der Waals surface area contributed by atoms with Crippen molar-refractivity contribution in [2.45, 2.75) is 32.1 Å². The number of carbonyl (C=O) groups is 1. The van der Waals surface area contributed by atoms with E-state index in [0.717, 1.165) is 35.8 Å². The fourth-order valence-electron chi connectivity index (χ4n) is 3.51. The summed E-state index contributed by atoms with van der Waals surface area (Å²) in [5.41, 5.74) is 3.13. The van der Waals surface area contributed by atoms with Gasteiger partial charge in [-0.05, 0) is 61.6 Å². The van der Waals surface area contributed by atoms with E-state index in [1.807, 2.05) is 30.3 Å². The number of anilines is 2. The quantitative estimate of drug-likeness (QED) is 0.884.